The van der Waals surface area contributed by atoms with E-state index >= 15 is 0 Å². The summed E-state index contributed by atoms with van der Waals surface area (Å²) < 4.78 is 0. The summed E-state index contributed by atoms with van der Waals surface area (Å²) in [5.74, 6) is 1.61. The summed E-state index contributed by atoms with van der Waals surface area (Å²) in [5.41, 5.74) is 1.53. The van der Waals surface area contributed by atoms with E-state index in [0.717, 1.165) is 11.8 Å². The average Bonchev–Trinajstić information content (AvgIpc) is 2.31. The van der Waals surface area contributed by atoms with Gasteiger partial charge in [-0.25, -0.2) is 0 Å². The van der Waals surface area contributed by atoms with Crippen molar-refractivity contribution >= 4 is 0 Å². The zero-order valence-electron chi connectivity index (χ0n) is 9.36. The molecular weight excluding hydrogens is 180 g/mol. The van der Waals surface area contributed by atoms with Crippen LogP contribution in [0.3, 0.4) is 0 Å². The van der Waals surface area contributed by atoms with Crippen LogP contribution in [0.4, 0.5) is 0 Å². The predicted octanol–water partition coefficient (Wildman–Crippen LogP) is 4.54. The Morgan fingerprint density at radius 1 is 1.13 bits per heavy atom. The van der Waals surface area contributed by atoms with Gasteiger partial charge in [-0.2, -0.15) is 0 Å². The highest BCUT2D eigenvalue weighted by Gasteiger charge is 2.24. The Labute approximate surface area is 93.0 Å². The maximum atomic E-state index is 3.88. The molecule has 1 fully saturated rings. The summed E-state index contributed by atoms with van der Waals surface area (Å²) in [6.07, 6.45) is 8.81. The van der Waals surface area contributed by atoms with Gasteiger partial charge in [-0.3, -0.25) is 0 Å². The lowest BCUT2D eigenvalue weighted by atomic mass is 9.74. The summed E-state index contributed by atoms with van der Waals surface area (Å²) in [7, 11) is 0. The molecule has 1 saturated carbocycles. The second kappa shape index (κ2) is 5.16. The highest BCUT2D eigenvalue weighted by Crippen LogP contribution is 2.39. The molecule has 0 heteroatoms. The monoisotopic (exact) mass is 200 g/mol. The van der Waals surface area contributed by atoms with E-state index in [1.807, 2.05) is 0 Å². The molecule has 2 atom stereocenters. The maximum Gasteiger partial charge on any atom is -0.0131 e. The van der Waals surface area contributed by atoms with Crippen LogP contribution in [0.15, 0.2) is 43.0 Å². The molecule has 0 N–H and O–H groups in total. The molecule has 0 aromatic heterocycles. The molecule has 15 heavy (non-hydrogen) atoms. The first-order valence-electron chi connectivity index (χ1n) is 6.07. The molecule has 80 valence electrons. The highest BCUT2D eigenvalue weighted by molar-refractivity contribution is 5.21. The molecular formula is C15H20. The van der Waals surface area contributed by atoms with E-state index in [2.05, 4.69) is 43.0 Å². The lowest BCUT2D eigenvalue weighted by Gasteiger charge is -2.31. The van der Waals surface area contributed by atoms with E-state index in [9.17, 15) is 0 Å². The molecule has 0 amide bonds. The summed E-state index contributed by atoms with van der Waals surface area (Å²) >= 11 is 0. The van der Waals surface area contributed by atoms with Gasteiger partial charge in [0.2, 0.25) is 0 Å². The Hall–Kier alpha value is -1.04. The molecule has 0 bridgehead atoms. The molecule has 0 aliphatic heterocycles. The number of allylic oxidation sites excluding steroid dienone is 1. The van der Waals surface area contributed by atoms with E-state index < -0.39 is 0 Å². The van der Waals surface area contributed by atoms with Crippen molar-refractivity contribution in [3.63, 3.8) is 0 Å². The quantitative estimate of drug-likeness (QED) is 0.628. The topological polar surface area (TPSA) is 0 Å². The van der Waals surface area contributed by atoms with Crippen molar-refractivity contribution in [1.29, 1.82) is 0 Å². The van der Waals surface area contributed by atoms with Crippen molar-refractivity contribution in [2.24, 2.45) is 5.92 Å². The molecule has 1 aromatic rings. The van der Waals surface area contributed by atoms with Crippen LogP contribution in [0, 0.1) is 5.92 Å². The minimum Gasteiger partial charge on any atom is -0.103 e. The van der Waals surface area contributed by atoms with Crippen molar-refractivity contribution in [3.8, 4) is 0 Å². The Morgan fingerprint density at radius 3 is 2.60 bits per heavy atom. The molecule has 0 unspecified atom stereocenters. The Morgan fingerprint density at radius 2 is 1.87 bits per heavy atom. The first-order valence-corrected chi connectivity index (χ1v) is 6.07. The fraction of sp³-hybridized carbons (Fsp3) is 0.467. The third kappa shape index (κ3) is 2.50. The van der Waals surface area contributed by atoms with Crippen LogP contribution in [0.2, 0.25) is 0 Å². The van der Waals surface area contributed by atoms with Gasteiger partial charge < -0.3 is 0 Å². The van der Waals surface area contributed by atoms with Crippen LogP contribution in [0.5, 0.6) is 0 Å². The van der Waals surface area contributed by atoms with Crippen molar-refractivity contribution in [3.05, 3.63) is 48.6 Å². The van der Waals surface area contributed by atoms with Crippen LogP contribution in [0.25, 0.3) is 0 Å². The van der Waals surface area contributed by atoms with Crippen molar-refractivity contribution < 1.29 is 0 Å². The minimum atomic E-state index is 0.776. The highest BCUT2D eigenvalue weighted by atomic mass is 14.3. The molecule has 0 heterocycles. The van der Waals surface area contributed by atoms with E-state index in [0.29, 0.717) is 0 Å². The van der Waals surface area contributed by atoms with Gasteiger partial charge in [-0.05, 0) is 36.7 Å². The van der Waals surface area contributed by atoms with Gasteiger partial charge in [-0.15, -0.1) is 6.58 Å². The third-order valence-corrected chi connectivity index (χ3v) is 3.61. The Kier molecular flexibility index (Phi) is 3.60. The van der Waals surface area contributed by atoms with Gasteiger partial charge in [0.1, 0.15) is 0 Å². The number of hydrogen-bond acceptors (Lipinski definition) is 0. The molecule has 1 aliphatic carbocycles. The maximum absolute atomic E-state index is 3.88. The zero-order chi connectivity index (χ0) is 10.5. The van der Waals surface area contributed by atoms with Crippen LogP contribution in [-0.2, 0) is 0 Å². The number of hydrogen-bond donors (Lipinski definition) is 0. The van der Waals surface area contributed by atoms with E-state index in [1.54, 1.807) is 0 Å². The van der Waals surface area contributed by atoms with Crippen LogP contribution in [0.1, 0.15) is 43.6 Å². The molecule has 2 rings (SSSR count). The average molecular weight is 200 g/mol. The normalized spacial score (nSPS) is 26.1. The number of benzene rings is 1. The first kappa shape index (κ1) is 10.5. The summed E-state index contributed by atoms with van der Waals surface area (Å²) in [6.45, 7) is 3.88. The standard InChI is InChI=1S/C15H20/c1-2-8-13-11-6-7-12-15(13)14-9-4-3-5-10-14/h2-5,9-10,13,15H,1,6-8,11-12H2/t13-,15-/m0/s1. The van der Waals surface area contributed by atoms with E-state index in [-0.39, 0.29) is 0 Å². The van der Waals surface area contributed by atoms with Gasteiger partial charge >= 0.3 is 0 Å². The van der Waals surface area contributed by atoms with Gasteiger partial charge in [0.15, 0.2) is 0 Å². The van der Waals surface area contributed by atoms with E-state index in [4.69, 9.17) is 0 Å². The minimum absolute atomic E-state index is 0.776. The molecule has 1 aliphatic rings. The second-order valence-corrected chi connectivity index (χ2v) is 4.59. The predicted molar refractivity (Wildman–Crippen MR) is 66.0 cm³/mol. The molecule has 0 nitrogen and oxygen atoms in total. The third-order valence-electron chi connectivity index (χ3n) is 3.61. The Balaban J connectivity index is 2.14. The fourth-order valence-corrected chi connectivity index (χ4v) is 2.84. The van der Waals surface area contributed by atoms with Crippen LogP contribution < -0.4 is 0 Å². The van der Waals surface area contributed by atoms with E-state index in [1.165, 1.54) is 37.7 Å². The second-order valence-electron chi connectivity index (χ2n) is 4.59. The zero-order valence-corrected chi connectivity index (χ0v) is 9.36. The van der Waals surface area contributed by atoms with Crippen molar-refractivity contribution in [2.45, 2.75) is 38.0 Å². The lowest BCUT2D eigenvalue weighted by molar-refractivity contribution is 0.309. The molecule has 0 radical (unpaired) electrons. The van der Waals surface area contributed by atoms with Gasteiger partial charge in [0.05, 0.1) is 0 Å². The summed E-state index contributed by atoms with van der Waals surface area (Å²) in [6, 6.07) is 11.0. The Bertz CT molecular complexity index is 299. The van der Waals surface area contributed by atoms with Crippen LogP contribution >= 0.6 is 0 Å². The smallest absolute Gasteiger partial charge is 0.0131 e. The van der Waals surface area contributed by atoms with Crippen LogP contribution in [-0.4, -0.2) is 0 Å². The van der Waals surface area contributed by atoms with Gasteiger partial charge in [0, 0.05) is 0 Å². The summed E-state index contributed by atoms with van der Waals surface area (Å²) in [5, 5.41) is 0. The first-order chi connectivity index (χ1) is 7.42. The fourth-order valence-electron chi connectivity index (χ4n) is 2.84. The lowest BCUT2D eigenvalue weighted by Crippen LogP contribution is -2.17. The van der Waals surface area contributed by atoms with Crippen molar-refractivity contribution in [1.82, 2.24) is 0 Å². The van der Waals surface area contributed by atoms with Gasteiger partial charge in [0.25, 0.3) is 0 Å². The summed E-state index contributed by atoms with van der Waals surface area (Å²) in [4.78, 5) is 0. The molecule has 1 aromatic carbocycles. The molecule has 0 spiro atoms. The van der Waals surface area contributed by atoms with Gasteiger partial charge in [-0.1, -0.05) is 49.2 Å². The largest absolute Gasteiger partial charge is 0.103 e. The molecule has 0 saturated heterocycles. The van der Waals surface area contributed by atoms with Crippen molar-refractivity contribution in [2.75, 3.05) is 0 Å². The SMILES string of the molecule is C=CC[C@H]1CCCC[C@@H]1c1ccccc1. The number of rotatable bonds is 3.